The van der Waals surface area contributed by atoms with Gasteiger partial charge in [0.25, 0.3) is 5.91 Å². The van der Waals surface area contributed by atoms with Crippen molar-refractivity contribution in [3.05, 3.63) is 40.7 Å². The van der Waals surface area contributed by atoms with Crippen LogP contribution >= 0.6 is 0 Å². The van der Waals surface area contributed by atoms with Crippen molar-refractivity contribution in [3.8, 4) is 11.8 Å². The van der Waals surface area contributed by atoms with Crippen LogP contribution in [0.3, 0.4) is 0 Å². The molecule has 1 aliphatic heterocycles. The van der Waals surface area contributed by atoms with Gasteiger partial charge in [0.15, 0.2) is 0 Å². The fourth-order valence-corrected chi connectivity index (χ4v) is 3.20. The quantitative estimate of drug-likeness (QED) is 0.867. The predicted octanol–water partition coefficient (Wildman–Crippen LogP) is 2.70. The topological polar surface area (TPSA) is 64.6 Å². The molecule has 0 spiro atoms. The van der Waals surface area contributed by atoms with Crippen LogP contribution in [0.15, 0.2) is 18.2 Å². The van der Waals surface area contributed by atoms with Crippen LogP contribution in [-0.4, -0.2) is 36.6 Å². The van der Waals surface area contributed by atoms with Gasteiger partial charge >= 0.3 is 0 Å². The van der Waals surface area contributed by atoms with Crippen LogP contribution in [0, 0.1) is 13.8 Å². The summed E-state index contributed by atoms with van der Waals surface area (Å²) in [6, 6.07) is 5.79. The molecular weight excluding hydrogens is 306 g/mol. The average Bonchev–Trinajstić information content (AvgIpc) is 2.59. The molecule has 0 N–H and O–H groups in total. The molecule has 0 radical (unpaired) electrons. The summed E-state index contributed by atoms with van der Waals surface area (Å²) in [5.74, 6) is 0.463. The van der Waals surface area contributed by atoms with Gasteiger partial charge in [0.2, 0.25) is 17.6 Å². The molecule has 126 valence electrons. The molecule has 1 aromatic carbocycles. The van der Waals surface area contributed by atoms with Gasteiger partial charge in [-0.2, -0.15) is 9.97 Å². The van der Waals surface area contributed by atoms with Gasteiger partial charge in [-0.25, -0.2) is 0 Å². The maximum atomic E-state index is 13.0. The fraction of sp³-hybridized carbons (Fsp3) is 0.389. The van der Waals surface area contributed by atoms with E-state index in [1.165, 1.54) is 25.3 Å². The van der Waals surface area contributed by atoms with E-state index in [0.717, 1.165) is 24.1 Å². The van der Waals surface area contributed by atoms with Crippen LogP contribution in [-0.2, 0) is 6.42 Å². The van der Waals surface area contributed by atoms with E-state index < -0.39 is 0 Å². The van der Waals surface area contributed by atoms with Crippen LogP contribution in [0.1, 0.15) is 33.7 Å². The molecule has 1 aliphatic rings. The molecule has 24 heavy (non-hydrogen) atoms. The number of fused-ring (bicyclic) bond motifs is 1. The van der Waals surface area contributed by atoms with E-state index in [4.69, 9.17) is 9.47 Å². The van der Waals surface area contributed by atoms with Gasteiger partial charge in [0, 0.05) is 6.54 Å². The molecule has 1 amide bonds. The summed E-state index contributed by atoms with van der Waals surface area (Å²) in [6.45, 7) is 4.76. The van der Waals surface area contributed by atoms with E-state index >= 15 is 0 Å². The molecule has 6 heteroatoms. The number of nitrogens with zero attached hydrogens (tertiary/aromatic N) is 3. The van der Waals surface area contributed by atoms with Crippen molar-refractivity contribution in [2.75, 3.05) is 25.7 Å². The Kier molecular flexibility index (Phi) is 4.38. The third kappa shape index (κ3) is 2.91. The first-order valence-electron chi connectivity index (χ1n) is 7.92. The van der Waals surface area contributed by atoms with Gasteiger partial charge in [0.1, 0.15) is 0 Å². The summed E-state index contributed by atoms with van der Waals surface area (Å²) in [7, 11) is 3.00. The summed E-state index contributed by atoms with van der Waals surface area (Å²) >= 11 is 0. The molecule has 0 aliphatic carbocycles. The molecule has 0 fully saturated rings. The smallest absolute Gasteiger partial charge is 0.296 e. The summed E-state index contributed by atoms with van der Waals surface area (Å²) in [6.07, 6.45) is 1.90. The monoisotopic (exact) mass is 327 g/mol. The molecule has 0 saturated carbocycles. The molecular formula is C18H21N3O3. The number of hydrogen-bond donors (Lipinski definition) is 0. The number of methoxy groups -OCH3 is 2. The molecule has 0 atom stereocenters. The van der Waals surface area contributed by atoms with Crippen molar-refractivity contribution < 1.29 is 14.3 Å². The number of hydrogen-bond acceptors (Lipinski definition) is 5. The van der Waals surface area contributed by atoms with Crippen molar-refractivity contribution >= 4 is 11.6 Å². The number of benzene rings is 1. The third-order valence-electron chi connectivity index (χ3n) is 4.16. The Morgan fingerprint density at radius 3 is 2.38 bits per heavy atom. The number of rotatable bonds is 3. The molecule has 0 bridgehead atoms. The van der Waals surface area contributed by atoms with Gasteiger partial charge < -0.3 is 14.4 Å². The minimum absolute atomic E-state index is 0.0824. The first kappa shape index (κ1) is 16.2. The lowest BCUT2D eigenvalue weighted by atomic mass is 9.96. The zero-order valence-corrected chi connectivity index (χ0v) is 14.4. The van der Waals surface area contributed by atoms with Crippen molar-refractivity contribution in [1.82, 2.24) is 9.97 Å². The number of aromatic nitrogens is 2. The van der Waals surface area contributed by atoms with Gasteiger partial charge in [-0.05, 0) is 37.8 Å². The Morgan fingerprint density at radius 1 is 1.08 bits per heavy atom. The van der Waals surface area contributed by atoms with Crippen LogP contribution in [0.2, 0.25) is 0 Å². The van der Waals surface area contributed by atoms with Crippen molar-refractivity contribution in [1.29, 1.82) is 0 Å². The lowest BCUT2D eigenvalue weighted by molar-refractivity contribution is 0.0972. The Morgan fingerprint density at radius 2 is 1.75 bits per heavy atom. The van der Waals surface area contributed by atoms with Crippen molar-refractivity contribution in [2.24, 2.45) is 0 Å². The van der Waals surface area contributed by atoms with Crippen LogP contribution < -0.4 is 14.4 Å². The highest BCUT2D eigenvalue weighted by Crippen LogP contribution is 2.32. The van der Waals surface area contributed by atoms with E-state index in [1.54, 1.807) is 11.0 Å². The number of carbonyl (C=O) groups excluding carboxylic acids is 1. The van der Waals surface area contributed by atoms with Gasteiger partial charge in [-0.15, -0.1) is 0 Å². The molecule has 6 nitrogen and oxygen atoms in total. The molecule has 3 rings (SSSR count). The zero-order chi connectivity index (χ0) is 17.3. The van der Waals surface area contributed by atoms with E-state index in [9.17, 15) is 4.79 Å². The summed E-state index contributed by atoms with van der Waals surface area (Å²) < 4.78 is 10.3. The number of carbonyl (C=O) groups is 1. The van der Waals surface area contributed by atoms with Gasteiger partial charge in [0.05, 0.1) is 26.0 Å². The van der Waals surface area contributed by atoms with E-state index in [1.807, 2.05) is 6.92 Å². The van der Waals surface area contributed by atoms with Crippen molar-refractivity contribution in [2.45, 2.75) is 26.7 Å². The standard InChI is InChI=1S/C18H21N3O3/c1-11-8-12(2)16-13(9-11)6-5-7-21(16)18(22)17-19-14(23-3)10-15(20-17)24-4/h8-10H,5-7H2,1-4H3. The molecule has 2 aromatic rings. The number of aryl methyl sites for hydroxylation is 3. The normalized spacial score (nSPS) is 13.4. The second-order valence-corrected chi connectivity index (χ2v) is 5.93. The highest BCUT2D eigenvalue weighted by Gasteiger charge is 2.28. The van der Waals surface area contributed by atoms with Gasteiger partial charge in [-0.3, -0.25) is 4.79 Å². The average molecular weight is 327 g/mol. The summed E-state index contributed by atoms with van der Waals surface area (Å²) in [5.41, 5.74) is 4.47. The first-order valence-corrected chi connectivity index (χ1v) is 7.92. The summed E-state index contributed by atoms with van der Waals surface area (Å²) in [5, 5.41) is 0. The number of anilines is 1. The maximum Gasteiger partial charge on any atom is 0.296 e. The highest BCUT2D eigenvalue weighted by molar-refractivity contribution is 6.05. The second kappa shape index (κ2) is 6.47. The second-order valence-electron chi connectivity index (χ2n) is 5.93. The SMILES string of the molecule is COc1cc(OC)nc(C(=O)N2CCCc3cc(C)cc(C)c32)n1. The lowest BCUT2D eigenvalue weighted by Crippen LogP contribution is -2.37. The van der Waals surface area contributed by atoms with Crippen LogP contribution in [0.4, 0.5) is 5.69 Å². The molecule has 1 aromatic heterocycles. The minimum Gasteiger partial charge on any atom is -0.481 e. The Hall–Kier alpha value is -2.63. The van der Waals surface area contributed by atoms with E-state index in [2.05, 4.69) is 29.0 Å². The lowest BCUT2D eigenvalue weighted by Gasteiger charge is -2.31. The van der Waals surface area contributed by atoms with Crippen LogP contribution in [0.25, 0.3) is 0 Å². The zero-order valence-electron chi connectivity index (χ0n) is 14.4. The van der Waals surface area contributed by atoms with Crippen molar-refractivity contribution in [3.63, 3.8) is 0 Å². The maximum absolute atomic E-state index is 13.0. The number of ether oxygens (including phenoxy) is 2. The predicted molar refractivity (Wildman–Crippen MR) is 91.0 cm³/mol. The minimum atomic E-state index is -0.236. The fourth-order valence-electron chi connectivity index (χ4n) is 3.20. The van der Waals surface area contributed by atoms with Gasteiger partial charge in [-0.1, -0.05) is 17.7 Å². The molecule has 0 unspecified atom stereocenters. The van der Waals surface area contributed by atoms with E-state index in [0.29, 0.717) is 18.3 Å². The third-order valence-corrected chi connectivity index (χ3v) is 4.16. The number of amides is 1. The summed E-state index contributed by atoms with van der Waals surface area (Å²) in [4.78, 5) is 23.2. The molecule has 2 heterocycles. The Balaban J connectivity index is 2.04. The first-order chi connectivity index (χ1) is 11.5. The molecule has 0 saturated heterocycles. The van der Waals surface area contributed by atoms with Crippen LogP contribution in [0.5, 0.6) is 11.8 Å². The Bertz CT molecular complexity index is 767. The highest BCUT2D eigenvalue weighted by atomic mass is 16.5. The largest absolute Gasteiger partial charge is 0.481 e. The van der Waals surface area contributed by atoms with E-state index in [-0.39, 0.29) is 11.7 Å². The Labute approximate surface area is 141 Å².